The lowest BCUT2D eigenvalue weighted by Gasteiger charge is -2.21. The Morgan fingerprint density at radius 2 is 2.07 bits per heavy atom. The second-order valence-electron chi connectivity index (χ2n) is 7.34. The largest absolute Gasteiger partial charge is 0.401 e. The zero-order chi connectivity index (χ0) is 20.1. The van der Waals surface area contributed by atoms with Gasteiger partial charge in [-0.2, -0.15) is 13.2 Å². The molecule has 1 aromatic heterocycles. The SMILES string of the molecule is CN=C(NCC1CCN(CC(F)(F)F)C1)NC1CCN(c2ncccc2F)C1.I. The molecule has 29 heavy (non-hydrogen) atoms. The summed E-state index contributed by atoms with van der Waals surface area (Å²) in [6, 6.07) is 3.06. The first-order chi connectivity index (χ1) is 13.3. The smallest absolute Gasteiger partial charge is 0.356 e. The molecule has 2 N–H and O–H groups in total. The Kier molecular flexibility index (Phi) is 8.73. The number of rotatable bonds is 5. The van der Waals surface area contributed by atoms with Crippen LogP contribution in [0, 0.1) is 11.7 Å². The van der Waals surface area contributed by atoms with Crippen molar-refractivity contribution < 1.29 is 17.6 Å². The second-order valence-corrected chi connectivity index (χ2v) is 7.34. The van der Waals surface area contributed by atoms with Crippen LogP contribution in [0.15, 0.2) is 23.3 Å². The molecule has 1 aromatic rings. The third kappa shape index (κ3) is 7.12. The maximum atomic E-state index is 13.9. The van der Waals surface area contributed by atoms with E-state index in [-0.39, 0.29) is 41.8 Å². The molecule has 2 fully saturated rings. The molecule has 0 spiro atoms. The summed E-state index contributed by atoms with van der Waals surface area (Å²) in [5.41, 5.74) is 0. The summed E-state index contributed by atoms with van der Waals surface area (Å²) in [5, 5.41) is 6.52. The molecule has 0 aromatic carbocycles. The number of anilines is 1. The standard InChI is InChI=1S/C18H26F4N6.HI/c1-23-17(25-9-13-4-7-27(10-13)12-18(20,21)22)26-14-5-8-28(11-14)16-15(19)3-2-6-24-16;/h2-3,6,13-14H,4-5,7-12H2,1H3,(H2,23,25,26);1H. The number of aliphatic imine (C=N–C) groups is 1. The molecule has 0 radical (unpaired) electrons. The molecule has 3 rings (SSSR count). The van der Waals surface area contributed by atoms with Crippen LogP contribution in [0.25, 0.3) is 0 Å². The molecule has 0 saturated carbocycles. The van der Waals surface area contributed by atoms with Gasteiger partial charge in [-0.1, -0.05) is 0 Å². The van der Waals surface area contributed by atoms with Gasteiger partial charge in [-0.25, -0.2) is 9.37 Å². The van der Waals surface area contributed by atoms with Gasteiger partial charge in [-0.15, -0.1) is 24.0 Å². The lowest BCUT2D eigenvalue weighted by molar-refractivity contribution is -0.143. The summed E-state index contributed by atoms with van der Waals surface area (Å²) >= 11 is 0. The zero-order valence-electron chi connectivity index (χ0n) is 16.3. The Bertz CT molecular complexity index is 687. The Labute approximate surface area is 185 Å². The summed E-state index contributed by atoms with van der Waals surface area (Å²) in [5.74, 6) is 0.784. The Morgan fingerprint density at radius 3 is 2.76 bits per heavy atom. The maximum Gasteiger partial charge on any atom is 0.401 e. The zero-order valence-corrected chi connectivity index (χ0v) is 18.6. The van der Waals surface area contributed by atoms with Crippen molar-refractivity contribution in [2.45, 2.75) is 25.1 Å². The minimum Gasteiger partial charge on any atom is -0.356 e. The Hall–Kier alpha value is -1.37. The lowest BCUT2D eigenvalue weighted by Crippen LogP contribution is -2.46. The van der Waals surface area contributed by atoms with Gasteiger partial charge in [-0.3, -0.25) is 9.89 Å². The van der Waals surface area contributed by atoms with Crippen molar-refractivity contribution in [2.24, 2.45) is 10.9 Å². The number of nitrogens with zero attached hydrogens (tertiary/aromatic N) is 4. The van der Waals surface area contributed by atoms with Crippen LogP contribution >= 0.6 is 24.0 Å². The summed E-state index contributed by atoms with van der Waals surface area (Å²) in [4.78, 5) is 11.6. The molecular formula is C18H27F4IN6. The van der Waals surface area contributed by atoms with E-state index in [1.54, 1.807) is 19.3 Å². The van der Waals surface area contributed by atoms with Crippen LogP contribution in [-0.2, 0) is 0 Å². The van der Waals surface area contributed by atoms with Gasteiger partial charge >= 0.3 is 6.18 Å². The average Bonchev–Trinajstić information content (AvgIpc) is 3.27. The van der Waals surface area contributed by atoms with Crippen molar-refractivity contribution in [3.63, 3.8) is 0 Å². The van der Waals surface area contributed by atoms with Crippen molar-refractivity contribution >= 4 is 35.8 Å². The van der Waals surface area contributed by atoms with Crippen LogP contribution in [0.5, 0.6) is 0 Å². The molecule has 2 aliphatic heterocycles. The van der Waals surface area contributed by atoms with E-state index in [2.05, 4.69) is 20.6 Å². The van der Waals surface area contributed by atoms with Gasteiger partial charge in [0, 0.05) is 45.5 Å². The van der Waals surface area contributed by atoms with Gasteiger partial charge in [0.25, 0.3) is 0 Å². The lowest BCUT2D eigenvalue weighted by atomic mass is 10.1. The number of likely N-dealkylation sites (tertiary alicyclic amines) is 1. The van der Waals surface area contributed by atoms with Gasteiger partial charge in [0.1, 0.15) is 0 Å². The summed E-state index contributed by atoms with van der Waals surface area (Å²) < 4.78 is 51.4. The van der Waals surface area contributed by atoms with Crippen LogP contribution in [0.2, 0.25) is 0 Å². The normalized spacial score (nSPS) is 23.2. The van der Waals surface area contributed by atoms with E-state index in [9.17, 15) is 17.6 Å². The minimum absolute atomic E-state index is 0. The molecule has 6 nitrogen and oxygen atoms in total. The Morgan fingerprint density at radius 1 is 1.28 bits per heavy atom. The van der Waals surface area contributed by atoms with Crippen molar-refractivity contribution in [1.29, 1.82) is 0 Å². The molecule has 2 aliphatic rings. The van der Waals surface area contributed by atoms with Crippen molar-refractivity contribution in [2.75, 3.05) is 51.2 Å². The number of nitrogens with one attached hydrogen (secondary N) is 2. The van der Waals surface area contributed by atoms with E-state index < -0.39 is 12.7 Å². The van der Waals surface area contributed by atoms with Crippen LogP contribution in [-0.4, -0.2) is 74.4 Å². The number of guanidine groups is 1. The highest BCUT2D eigenvalue weighted by molar-refractivity contribution is 14.0. The number of pyridine rings is 1. The maximum absolute atomic E-state index is 13.9. The fraction of sp³-hybridized carbons (Fsp3) is 0.667. The highest BCUT2D eigenvalue weighted by Crippen LogP contribution is 2.23. The number of hydrogen-bond donors (Lipinski definition) is 2. The molecule has 0 bridgehead atoms. The predicted molar refractivity (Wildman–Crippen MR) is 115 cm³/mol. The summed E-state index contributed by atoms with van der Waals surface area (Å²) in [6.07, 6.45) is -1.03. The Balaban J connectivity index is 0.00000300. The first-order valence-corrected chi connectivity index (χ1v) is 9.46. The monoisotopic (exact) mass is 530 g/mol. The molecule has 0 amide bonds. The number of hydrogen-bond acceptors (Lipinski definition) is 4. The predicted octanol–water partition coefficient (Wildman–Crippen LogP) is 2.47. The van der Waals surface area contributed by atoms with Crippen LogP contribution in [0.4, 0.5) is 23.4 Å². The summed E-state index contributed by atoms with van der Waals surface area (Å²) in [6.45, 7) is 1.91. The summed E-state index contributed by atoms with van der Waals surface area (Å²) in [7, 11) is 1.66. The van der Waals surface area contributed by atoms with Gasteiger partial charge in [-0.05, 0) is 37.4 Å². The third-order valence-electron chi connectivity index (χ3n) is 5.12. The first-order valence-electron chi connectivity index (χ1n) is 9.46. The fourth-order valence-corrected chi connectivity index (χ4v) is 3.79. The van der Waals surface area contributed by atoms with Crippen LogP contribution in [0.3, 0.4) is 0 Å². The highest BCUT2D eigenvalue weighted by Gasteiger charge is 2.34. The molecule has 11 heteroatoms. The highest BCUT2D eigenvalue weighted by atomic mass is 127. The molecule has 3 heterocycles. The molecule has 2 atom stereocenters. The first kappa shape index (κ1) is 23.9. The van der Waals surface area contributed by atoms with E-state index in [1.165, 1.54) is 11.0 Å². The van der Waals surface area contributed by atoms with E-state index in [0.717, 1.165) is 12.8 Å². The molecule has 164 valence electrons. The number of alkyl halides is 3. The van der Waals surface area contributed by atoms with Gasteiger partial charge < -0.3 is 15.5 Å². The number of halogens is 5. The van der Waals surface area contributed by atoms with Gasteiger partial charge in [0.15, 0.2) is 17.6 Å². The van der Waals surface area contributed by atoms with Crippen molar-refractivity contribution in [3.05, 3.63) is 24.1 Å². The van der Waals surface area contributed by atoms with Gasteiger partial charge in [0.2, 0.25) is 0 Å². The third-order valence-corrected chi connectivity index (χ3v) is 5.12. The molecule has 2 unspecified atom stereocenters. The van der Waals surface area contributed by atoms with Crippen molar-refractivity contribution in [3.8, 4) is 0 Å². The van der Waals surface area contributed by atoms with E-state index in [4.69, 9.17) is 0 Å². The average molecular weight is 530 g/mol. The van der Waals surface area contributed by atoms with E-state index >= 15 is 0 Å². The fourth-order valence-electron chi connectivity index (χ4n) is 3.79. The van der Waals surface area contributed by atoms with Crippen LogP contribution < -0.4 is 15.5 Å². The number of aromatic nitrogens is 1. The second kappa shape index (κ2) is 10.6. The molecule has 2 saturated heterocycles. The van der Waals surface area contributed by atoms with Gasteiger partial charge in [0.05, 0.1) is 6.54 Å². The molecule has 0 aliphatic carbocycles. The van der Waals surface area contributed by atoms with Crippen molar-refractivity contribution in [1.82, 2.24) is 20.5 Å². The topological polar surface area (TPSA) is 55.8 Å². The van der Waals surface area contributed by atoms with E-state index in [1.807, 2.05) is 4.90 Å². The van der Waals surface area contributed by atoms with Crippen LogP contribution in [0.1, 0.15) is 12.8 Å². The quantitative estimate of drug-likeness (QED) is 0.265. The minimum atomic E-state index is -4.15. The molecular weight excluding hydrogens is 503 g/mol. The van der Waals surface area contributed by atoms with E-state index in [0.29, 0.717) is 44.5 Å².